The molecule has 0 N–H and O–H groups in total. The van der Waals surface area contributed by atoms with Gasteiger partial charge in [0.1, 0.15) is 0 Å². The van der Waals surface area contributed by atoms with E-state index < -0.39 is 0 Å². The van der Waals surface area contributed by atoms with Crippen molar-refractivity contribution in [3.8, 4) is 0 Å². The van der Waals surface area contributed by atoms with Crippen LogP contribution in [0.1, 0.15) is 5.56 Å². The summed E-state index contributed by atoms with van der Waals surface area (Å²) in [6.07, 6.45) is 1.56. The smallest absolute Gasteiger partial charge is 0.267 e. The topological polar surface area (TPSA) is 34.9 Å². The van der Waals surface area contributed by atoms with Crippen molar-refractivity contribution in [2.24, 2.45) is 7.05 Å². The van der Waals surface area contributed by atoms with Gasteiger partial charge in [0.15, 0.2) is 0 Å². The Hall–Kier alpha value is -0.770. The normalized spacial score (nSPS) is 9.90. The van der Waals surface area contributed by atoms with E-state index in [1.54, 1.807) is 20.2 Å². The third-order valence-electron chi connectivity index (χ3n) is 1.35. The standard InChI is InChI=1S/C6H8N2OS/c1-4-5(10)3-7-8(2)6(4)9/h3,10H,1-2H3. The van der Waals surface area contributed by atoms with Gasteiger partial charge in [0.2, 0.25) is 0 Å². The first-order valence-electron chi connectivity index (χ1n) is 2.85. The molecule has 0 unspecified atom stereocenters. The van der Waals surface area contributed by atoms with Crippen molar-refractivity contribution >= 4 is 12.6 Å². The highest BCUT2D eigenvalue weighted by atomic mass is 32.1. The lowest BCUT2D eigenvalue weighted by atomic mass is 10.3. The molecule has 1 heterocycles. The fourth-order valence-corrected chi connectivity index (χ4v) is 0.790. The quantitative estimate of drug-likeness (QED) is 0.551. The molecule has 0 radical (unpaired) electrons. The Morgan fingerprint density at radius 1 is 1.70 bits per heavy atom. The second-order valence-electron chi connectivity index (χ2n) is 2.08. The number of nitrogens with zero attached hydrogens (tertiary/aromatic N) is 2. The first-order valence-corrected chi connectivity index (χ1v) is 3.29. The molecule has 0 bridgehead atoms. The molecule has 0 amide bonds. The first kappa shape index (κ1) is 7.34. The number of hydrogen-bond acceptors (Lipinski definition) is 3. The van der Waals surface area contributed by atoms with Crippen LogP contribution in [-0.4, -0.2) is 9.78 Å². The van der Waals surface area contributed by atoms with Gasteiger partial charge in [-0.15, -0.1) is 12.6 Å². The number of thiol groups is 1. The summed E-state index contributed by atoms with van der Waals surface area (Å²) >= 11 is 4.04. The summed E-state index contributed by atoms with van der Waals surface area (Å²) < 4.78 is 1.29. The lowest BCUT2D eigenvalue weighted by Gasteiger charge is -1.98. The minimum absolute atomic E-state index is 0.0903. The lowest BCUT2D eigenvalue weighted by Crippen LogP contribution is -2.21. The Bertz CT molecular complexity index is 305. The molecular weight excluding hydrogens is 148 g/mol. The first-order chi connectivity index (χ1) is 4.63. The Morgan fingerprint density at radius 2 is 2.30 bits per heavy atom. The Labute approximate surface area is 64.1 Å². The average Bonchev–Trinajstić information content (AvgIpc) is 1.93. The maximum atomic E-state index is 11.0. The van der Waals surface area contributed by atoms with Gasteiger partial charge >= 0.3 is 0 Å². The average molecular weight is 156 g/mol. The molecule has 0 aliphatic carbocycles. The van der Waals surface area contributed by atoms with Crippen LogP contribution in [0.4, 0.5) is 0 Å². The van der Waals surface area contributed by atoms with E-state index in [4.69, 9.17) is 0 Å². The van der Waals surface area contributed by atoms with Crippen LogP contribution in [0, 0.1) is 6.92 Å². The molecule has 0 saturated heterocycles. The zero-order chi connectivity index (χ0) is 7.72. The lowest BCUT2D eigenvalue weighted by molar-refractivity contribution is 0.687. The van der Waals surface area contributed by atoms with Crippen LogP contribution in [0.5, 0.6) is 0 Å². The summed E-state index contributed by atoms with van der Waals surface area (Å²) in [6.45, 7) is 1.73. The molecule has 3 nitrogen and oxygen atoms in total. The van der Waals surface area contributed by atoms with Gasteiger partial charge in [-0.3, -0.25) is 4.79 Å². The maximum Gasteiger partial charge on any atom is 0.270 e. The predicted octanol–water partition coefficient (Wildman–Crippen LogP) is 0.377. The van der Waals surface area contributed by atoms with Crippen molar-refractivity contribution in [1.82, 2.24) is 9.78 Å². The largest absolute Gasteiger partial charge is 0.270 e. The molecule has 0 aliphatic heterocycles. The number of rotatable bonds is 0. The number of hydrogen-bond donors (Lipinski definition) is 1. The van der Waals surface area contributed by atoms with Crippen LogP contribution in [0.25, 0.3) is 0 Å². The van der Waals surface area contributed by atoms with E-state index >= 15 is 0 Å². The van der Waals surface area contributed by atoms with E-state index in [0.717, 1.165) is 0 Å². The molecule has 0 aliphatic rings. The molecule has 10 heavy (non-hydrogen) atoms. The molecule has 0 fully saturated rings. The molecule has 1 rings (SSSR count). The summed E-state index contributed by atoms with van der Waals surface area (Å²) in [7, 11) is 1.61. The minimum Gasteiger partial charge on any atom is -0.267 e. The van der Waals surface area contributed by atoms with Gasteiger partial charge in [0.25, 0.3) is 5.56 Å². The predicted molar refractivity (Wildman–Crippen MR) is 41.5 cm³/mol. The van der Waals surface area contributed by atoms with Gasteiger partial charge in [-0.25, -0.2) is 4.68 Å². The van der Waals surface area contributed by atoms with E-state index in [9.17, 15) is 4.79 Å². The minimum atomic E-state index is -0.0903. The Kier molecular flexibility index (Phi) is 1.80. The fraction of sp³-hybridized carbons (Fsp3) is 0.333. The third-order valence-corrected chi connectivity index (χ3v) is 1.80. The van der Waals surface area contributed by atoms with Crippen molar-refractivity contribution in [2.45, 2.75) is 11.8 Å². The molecule has 4 heteroatoms. The molecule has 54 valence electrons. The molecule has 1 aromatic rings. The zero-order valence-corrected chi connectivity index (χ0v) is 6.72. The van der Waals surface area contributed by atoms with Crippen LogP contribution >= 0.6 is 12.6 Å². The van der Waals surface area contributed by atoms with Gasteiger partial charge in [0.05, 0.1) is 6.20 Å². The van der Waals surface area contributed by atoms with E-state index in [-0.39, 0.29) is 5.56 Å². The summed E-state index contributed by atoms with van der Waals surface area (Å²) in [4.78, 5) is 11.7. The monoisotopic (exact) mass is 156 g/mol. The molecular formula is C6H8N2OS. The Balaban J connectivity index is 3.50. The Morgan fingerprint density at radius 3 is 2.80 bits per heavy atom. The van der Waals surface area contributed by atoms with Crippen LogP contribution in [0.3, 0.4) is 0 Å². The van der Waals surface area contributed by atoms with Crippen LogP contribution in [-0.2, 0) is 7.05 Å². The molecule has 0 saturated carbocycles. The van der Waals surface area contributed by atoms with E-state index in [0.29, 0.717) is 10.5 Å². The van der Waals surface area contributed by atoms with E-state index in [1.165, 1.54) is 4.68 Å². The van der Waals surface area contributed by atoms with Gasteiger partial charge in [-0.05, 0) is 6.92 Å². The summed E-state index contributed by atoms with van der Waals surface area (Å²) in [5.41, 5.74) is 0.549. The molecule has 0 atom stereocenters. The van der Waals surface area contributed by atoms with E-state index in [1.807, 2.05) is 0 Å². The van der Waals surface area contributed by atoms with Crippen molar-refractivity contribution in [2.75, 3.05) is 0 Å². The second-order valence-corrected chi connectivity index (χ2v) is 2.57. The summed E-state index contributed by atoms with van der Waals surface area (Å²) in [6, 6.07) is 0. The highest BCUT2D eigenvalue weighted by Gasteiger charge is 1.99. The van der Waals surface area contributed by atoms with Crippen LogP contribution in [0.2, 0.25) is 0 Å². The van der Waals surface area contributed by atoms with Crippen molar-refractivity contribution in [3.63, 3.8) is 0 Å². The SMILES string of the molecule is Cc1c(S)cnn(C)c1=O. The molecule has 1 aromatic heterocycles. The van der Waals surface area contributed by atoms with Crippen LogP contribution in [0.15, 0.2) is 15.9 Å². The van der Waals surface area contributed by atoms with Gasteiger partial charge < -0.3 is 0 Å². The third kappa shape index (κ3) is 1.07. The maximum absolute atomic E-state index is 11.0. The van der Waals surface area contributed by atoms with E-state index in [2.05, 4.69) is 17.7 Å². The second kappa shape index (κ2) is 2.46. The van der Waals surface area contributed by atoms with Crippen molar-refractivity contribution < 1.29 is 0 Å². The van der Waals surface area contributed by atoms with Crippen LogP contribution < -0.4 is 5.56 Å². The van der Waals surface area contributed by atoms with Gasteiger partial charge in [-0.2, -0.15) is 5.10 Å². The fourth-order valence-electron chi connectivity index (χ4n) is 0.643. The summed E-state index contributed by atoms with van der Waals surface area (Å²) in [5, 5.41) is 3.77. The number of aryl methyl sites for hydroxylation is 1. The molecule has 0 aromatic carbocycles. The van der Waals surface area contributed by atoms with Gasteiger partial charge in [-0.1, -0.05) is 0 Å². The van der Waals surface area contributed by atoms with Gasteiger partial charge in [0, 0.05) is 17.5 Å². The molecule has 0 spiro atoms. The highest BCUT2D eigenvalue weighted by Crippen LogP contribution is 2.03. The zero-order valence-electron chi connectivity index (χ0n) is 5.83. The summed E-state index contributed by atoms with van der Waals surface area (Å²) in [5.74, 6) is 0. The van der Waals surface area contributed by atoms with Crippen molar-refractivity contribution in [1.29, 1.82) is 0 Å². The highest BCUT2D eigenvalue weighted by molar-refractivity contribution is 7.80. The number of aromatic nitrogens is 2. The van der Waals surface area contributed by atoms with Crippen molar-refractivity contribution in [3.05, 3.63) is 22.1 Å².